The Morgan fingerprint density at radius 3 is 2.15 bits per heavy atom. The number of carboxylic acids is 1. The molecule has 0 heterocycles. The van der Waals surface area contributed by atoms with E-state index in [1.54, 1.807) is 6.08 Å². The lowest BCUT2D eigenvalue weighted by molar-refractivity contribution is -0.165. The quantitative estimate of drug-likeness (QED) is 0.325. The first-order valence-electron chi connectivity index (χ1n) is 7.08. The molecule has 0 aliphatic rings. The van der Waals surface area contributed by atoms with Crippen molar-refractivity contribution in [1.82, 2.24) is 0 Å². The van der Waals surface area contributed by atoms with Gasteiger partial charge in [-0.15, -0.1) is 0 Å². The van der Waals surface area contributed by atoms with Gasteiger partial charge >= 0.3 is 11.9 Å². The van der Waals surface area contributed by atoms with E-state index in [4.69, 9.17) is 5.11 Å². The Labute approximate surface area is 119 Å². The molecule has 0 unspecified atom stereocenters. The minimum Gasteiger partial charge on any atom is -0.477 e. The number of carbonyl (C=O) groups is 1. The summed E-state index contributed by atoms with van der Waals surface area (Å²) in [6.07, 6.45) is 16.2. The molecule has 1 N–H and O–H groups in total. The molecule has 2 nitrogen and oxygen atoms in total. The number of halogens is 2. The second-order valence-corrected chi connectivity index (χ2v) is 4.57. The van der Waals surface area contributed by atoms with Gasteiger partial charge in [0.1, 0.15) is 0 Å². The molecule has 0 spiro atoms. The van der Waals surface area contributed by atoms with Crippen molar-refractivity contribution in [3.05, 3.63) is 36.5 Å². The fraction of sp³-hybridized carbons (Fsp3) is 0.562. The fourth-order valence-corrected chi connectivity index (χ4v) is 1.52. The summed E-state index contributed by atoms with van der Waals surface area (Å²) in [6.45, 7) is 2.09. The van der Waals surface area contributed by atoms with Crippen molar-refractivity contribution < 1.29 is 18.7 Å². The van der Waals surface area contributed by atoms with Crippen molar-refractivity contribution in [2.45, 2.75) is 57.8 Å². The summed E-state index contributed by atoms with van der Waals surface area (Å²) in [5, 5.41) is 8.23. The average molecular weight is 286 g/mol. The van der Waals surface area contributed by atoms with Crippen LogP contribution in [0, 0.1) is 0 Å². The molecule has 0 aromatic carbocycles. The van der Waals surface area contributed by atoms with Crippen LogP contribution < -0.4 is 0 Å². The van der Waals surface area contributed by atoms with Crippen LogP contribution >= 0.6 is 0 Å². The summed E-state index contributed by atoms with van der Waals surface area (Å²) < 4.78 is 25.4. The topological polar surface area (TPSA) is 37.3 Å². The molecular weight excluding hydrogens is 262 g/mol. The zero-order valence-corrected chi connectivity index (χ0v) is 12.0. The van der Waals surface area contributed by atoms with Gasteiger partial charge in [0.2, 0.25) is 0 Å². The summed E-state index contributed by atoms with van der Waals surface area (Å²) in [6, 6.07) is 0. The predicted molar refractivity (Wildman–Crippen MR) is 78.0 cm³/mol. The molecular formula is C16H24F2O2. The van der Waals surface area contributed by atoms with Gasteiger partial charge < -0.3 is 5.11 Å². The van der Waals surface area contributed by atoms with Gasteiger partial charge in [-0.3, -0.25) is 0 Å². The molecule has 114 valence electrons. The molecule has 0 aliphatic heterocycles. The van der Waals surface area contributed by atoms with E-state index in [0.717, 1.165) is 32.1 Å². The van der Waals surface area contributed by atoms with E-state index in [-0.39, 0.29) is 6.42 Å². The third-order valence-electron chi connectivity index (χ3n) is 2.72. The van der Waals surface area contributed by atoms with Gasteiger partial charge in [0, 0.05) is 6.42 Å². The highest BCUT2D eigenvalue weighted by Gasteiger charge is 2.37. The first-order valence-corrected chi connectivity index (χ1v) is 7.08. The predicted octanol–water partition coefficient (Wildman–Crippen LogP) is 5.13. The van der Waals surface area contributed by atoms with Crippen LogP contribution in [-0.2, 0) is 4.79 Å². The Kier molecular flexibility index (Phi) is 10.6. The van der Waals surface area contributed by atoms with Crippen LogP contribution in [-0.4, -0.2) is 17.0 Å². The molecule has 0 saturated carbocycles. The lowest BCUT2D eigenvalue weighted by Crippen LogP contribution is -2.27. The molecule has 20 heavy (non-hydrogen) atoms. The number of unbranched alkanes of at least 4 members (excludes halogenated alkanes) is 3. The average Bonchev–Trinajstić information content (AvgIpc) is 2.39. The summed E-state index contributed by atoms with van der Waals surface area (Å²) in [7, 11) is 0. The van der Waals surface area contributed by atoms with E-state index in [9.17, 15) is 13.6 Å². The molecule has 0 aromatic rings. The van der Waals surface area contributed by atoms with Gasteiger partial charge in [-0.2, -0.15) is 8.78 Å². The summed E-state index contributed by atoms with van der Waals surface area (Å²) in [5.41, 5.74) is 0. The Hall–Kier alpha value is -1.45. The van der Waals surface area contributed by atoms with Crippen LogP contribution in [0.3, 0.4) is 0 Å². The molecule has 0 radical (unpaired) electrons. The largest absolute Gasteiger partial charge is 0.477 e. The highest BCUT2D eigenvalue weighted by molar-refractivity contribution is 5.75. The first-order chi connectivity index (χ1) is 9.50. The van der Waals surface area contributed by atoms with E-state index in [1.165, 1.54) is 0 Å². The zero-order chi connectivity index (χ0) is 15.3. The Morgan fingerprint density at radius 1 is 1.00 bits per heavy atom. The van der Waals surface area contributed by atoms with Crippen LogP contribution in [0.2, 0.25) is 0 Å². The van der Waals surface area contributed by atoms with Crippen LogP contribution in [0.1, 0.15) is 51.9 Å². The summed E-state index contributed by atoms with van der Waals surface area (Å²) >= 11 is 0. The van der Waals surface area contributed by atoms with E-state index < -0.39 is 18.3 Å². The minimum absolute atomic E-state index is 0.0982. The Bertz CT molecular complexity index is 344. The van der Waals surface area contributed by atoms with Crippen molar-refractivity contribution in [1.29, 1.82) is 0 Å². The van der Waals surface area contributed by atoms with E-state index in [1.807, 2.05) is 18.2 Å². The third kappa shape index (κ3) is 10.5. The number of hydrogen-bond donors (Lipinski definition) is 1. The summed E-state index contributed by atoms with van der Waals surface area (Å²) in [5.74, 6) is -5.66. The van der Waals surface area contributed by atoms with Gasteiger partial charge in [0.25, 0.3) is 0 Å². The molecule has 0 amide bonds. The second kappa shape index (κ2) is 11.4. The Morgan fingerprint density at radius 2 is 1.55 bits per heavy atom. The van der Waals surface area contributed by atoms with E-state index in [2.05, 4.69) is 19.1 Å². The van der Waals surface area contributed by atoms with Gasteiger partial charge in [-0.05, 0) is 38.5 Å². The van der Waals surface area contributed by atoms with E-state index >= 15 is 0 Å². The molecule has 0 atom stereocenters. The second-order valence-electron chi connectivity index (χ2n) is 4.57. The smallest absolute Gasteiger partial charge is 0.374 e. The number of hydrogen-bond acceptors (Lipinski definition) is 1. The molecule has 0 rings (SSSR count). The van der Waals surface area contributed by atoms with E-state index in [0.29, 0.717) is 0 Å². The standard InChI is InChI=1S/C16H24F2O2/c1-2-3-4-5-6-7-8-9-10-11-12-13-14-16(17,18)15(19)20/h3-6,11-12H,2,7-10,13-14H2,1H3,(H,19,20)/b4-3+,6-5-,12-11-. The SMILES string of the molecule is CC/C=C/C=C\CCCC/C=C\CCC(F)(F)C(=O)O. The maximum absolute atomic E-state index is 12.7. The van der Waals surface area contributed by atoms with Crippen LogP contribution in [0.15, 0.2) is 36.5 Å². The lowest BCUT2D eigenvalue weighted by Gasteiger charge is -2.08. The minimum atomic E-state index is -3.61. The fourth-order valence-electron chi connectivity index (χ4n) is 1.52. The number of carboxylic acid groups (broad SMARTS) is 1. The van der Waals surface area contributed by atoms with Gasteiger partial charge in [-0.1, -0.05) is 43.4 Å². The number of aliphatic carboxylic acids is 1. The molecule has 4 heteroatoms. The maximum Gasteiger partial charge on any atom is 0.374 e. The Balaban J connectivity index is 3.52. The monoisotopic (exact) mass is 286 g/mol. The van der Waals surface area contributed by atoms with Gasteiger partial charge in [0.15, 0.2) is 0 Å². The number of rotatable bonds is 11. The van der Waals surface area contributed by atoms with Crippen LogP contribution in [0.5, 0.6) is 0 Å². The van der Waals surface area contributed by atoms with Gasteiger partial charge in [0.05, 0.1) is 0 Å². The number of allylic oxidation sites excluding steroid dienone is 6. The lowest BCUT2D eigenvalue weighted by atomic mass is 10.1. The van der Waals surface area contributed by atoms with Crippen molar-refractivity contribution in [2.24, 2.45) is 0 Å². The van der Waals surface area contributed by atoms with Crippen LogP contribution in [0.25, 0.3) is 0 Å². The zero-order valence-electron chi connectivity index (χ0n) is 12.0. The molecule has 0 aliphatic carbocycles. The normalized spacial score (nSPS) is 12.9. The van der Waals surface area contributed by atoms with Crippen molar-refractivity contribution in [2.75, 3.05) is 0 Å². The van der Waals surface area contributed by atoms with Crippen molar-refractivity contribution in [3.8, 4) is 0 Å². The van der Waals surface area contributed by atoms with Crippen LogP contribution in [0.4, 0.5) is 8.78 Å². The molecule has 0 saturated heterocycles. The third-order valence-corrected chi connectivity index (χ3v) is 2.72. The highest BCUT2D eigenvalue weighted by Crippen LogP contribution is 2.20. The summed E-state index contributed by atoms with van der Waals surface area (Å²) in [4.78, 5) is 10.2. The highest BCUT2D eigenvalue weighted by atomic mass is 19.3. The van der Waals surface area contributed by atoms with Crippen molar-refractivity contribution >= 4 is 5.97 Å². The first kappa shape index (κ1) is 18.6. The molecule has 0 aromatic heterocycles. The van der Waals surface area contributed by atoms with Crippen molar-refractivity contribution in [3.63, 3.8) is 0 Å². The molecule has 0 fully saturated rings. The maximum atomic E-state index is 12.7. The number of alkyl halides is 2. The van der Waals surface area contributed by atoms with Gasteiger partial charge in [-0.25, -0.2) is 4.79 Å². The molecule has 0 bridgehead atoms.